The van der Waals surface area contributed by atoms with E-state index in [1.54, 1.807) is 0 Å². The molecule has 1 fully saturated rings. The average Bonchev–Trinajstić information content (AvgIpc) is 3.37. The number of furan rings is 1. The molecule has 1 heterocycles. The van der Waals surface area contributed by atoms with Crippen molar-refractivity contribution in [2.24, 2.45) is 5.92 Å². The Labute approximate surface area is 141 Å². The van der Waals surface area contributed by atoms with E-state index in [9.17, 15) is 5.11 Å². The van der Waals surface area contributed by atoms with Gasteiger partial charge in [0, 0.05) is 16.3 Å². The molecule has 0 amide bonds. The van der Waals surface area contributed by atoms with E-state index in [4.69, 9.17) is 9.15 Å². The standard InChI is InChI=1S/C21H22O3/c22-15-6-9-20-19(11-15)18-3-1-2-14-10-16(23-12-13-4-5-13)7-8-17(14)21(18)24-20/h7-11,13,15,22H,1-6,12H2. The topological polar surface area (TPSA) is 42.6 Å². The van der Waals surface area contributed by atoms with Gasteiger partial charge in [0.25, 0.3) is 0 Å². The molecule has 3 nitrogen and oxygen atoms in total. The molecule has 1 N–H and O–H groups in total. The van der Waals surface area contributed by atoms with Crippen molar-refractivity contribution < 1.29 is 14.3 Å². The van der Waals surface area contributed by atoms with Crippen LogP contribution in [0.15, 0.2) is 22.6 Å². The molecule has 1 atom stereocenters. The third-order valence-corrected chi connectivity index (χ3v) is 5.36. The van der Waals surface area contributed by atoms with Gasteiger partial charge in [-0.25, -0.2) is 0 Å². The highest BCUT2D eigenvalue weighted by atomic mass is 16.5. The van der Waals surface area contributed by atoms with Crippen LogP contribution < -0.4 is 15.4 Å². The molecule has 124 valence electrons. The van der Waals surface area contributed by atoms with Gasteiger partial charge in [0.2, 0.25) is 0 Å². The van der Waals surface area contributed by atoms with Crippen molar-refractivity contribution in [3.05, 3.63) is 40.0 Å². The highest BCUT2D eigenvalue weighted by Crippen LogP contribution is 2.34. The van der Waals surface area contributed by atoms with Gasteiger partial charge in [0.15, 0.2) is 0 Å². The molecule has 1 aromatic heterocycles. The van der Waals surface area contributed by atoms with Gasteiger partial charge in [-0.2, -0.15) is 0 Å². The van der Waals surface area contributed by atoms with Crippen LogP contribution in [0.25, 0.3) is 23.5 Å². The maximum atomic E-state index is 9.94. The lowest BCUT2D eigenvalue weighted by atomic mass is 10.0. The van der Waals surface area contributed by atoms with Crippen LogP contribution in [-0.4, -0.2) is 17.8 Å². The molecule has 1 aromatic carbocycles. The van der Waals surface area contributed by atoms with Gasteiger partial charge in [0.1, 0.15) is 16.9 Å². The van der Waals surface area contributed by atoms with E-state index in [1.165, 1.54) is 29.5 Å². The number of aliphatic hydroxyl groups is 1. The Morgan fingerprint density at radius 1 is 1.21 bits per heavy atom. The first-order valence-electron chi connectivity index (χ1n) is 9.06. The van der Waals surface area contributed by atoms with Crippen LogP contribution in [0.2, 0.25) is 0 Å². The summed E-state index contributed by atoms with van der Waals surface area (Å²) in [5.74, 6) is 2.74. The van der Waals surface area contributed by atoms with Crippen molar-refractivity contribution in [3.63, 3.8) is 0 Å². The quantitative estimate of drug-likeness (QED) is 0.944. The van der Waals surface area contributed by atoms with E-state index >= 15 is 0 Å². The molecule has 3 aliphatic rings. The highest BCUT2D eigenvalue weighted by Gasteiger charge is 2.24. The van der Waals surface area contributed by atoms with Crippen LogP contribution in [-0.2, 0) is 12.8 Å². The second kappa shape index (κ2) is 5.52. The maximum absolute atomic E-state index is 9.94. The number of ether oxygens (including phenoxy) is 1. The third-order valence-electron chi connectivity index (χ3n) is 5.36. The average molecular weight is 322 g/mol. The SMILES string of the molecule is OC1C=c2c3c(oc2=CC1)-c1ccc(OCC2CC2)cc1CCC3. The molecular weight excluding hydrogens is 300 g/mol. The Morgan fingerprint density at radius 2 is 2.12 bits per heavy atom. The summed E-state index contributed by atoms with van der Waals surface area (Å²) in [6, 6.07) is 6.41. The Hall–Kier alpha value is -2.00. The fraction of sp³-hybridized carbons (Fsp3) is 0.429. The maximum Gasteiger partial charge on any atom is 0.138 e. The summed E-state index contributed by atoms with van der Waals surface area (Å²) in [7, 11) is 0. The molecule has 0 bridgehead atoms. The summed E-state index contributed by atoms with van der Waals surface area (Å²) < 4.78 is 12.1. The lowest BCUT2D eigenvalue weighted by Gasteiger charge is -2.10. The Bertz CT molecular complexity index is 902. The van der Waals surface area contributed by atoms with Crippen molar-refractivity contribution >= 4 is 12.2 Å². The molecule has 0 spiro atoms. The van der Waals surface area contributed by atoms with E-state index in [2.05, 4.69) is 18.2 Å². The summed E-state index contributed by atoms with van der Waals surface area (Å²) in [6.07, 6.45) is 9.98. The summed E-state index contributed by atoms with van der Waals surface area (Å²) in [4.78, 5) is 0. The Balaban J connectivity index is 1.57. The first kappa shape index (κ1) is 14.4. The van der Waals surface area contributed by atoms with Gasteiger partial charge >= 0.3 is 0 Å². The summed E-state index contributed by atoms with van der Waals surface area (Å²) in [6.45, 7) is 0.848. The van der Waals surface area contributed by atoms with E-state index in [-0.39, 0.29) is 6.10 Å². The fourth-order valence-electron chi connectivity index (χ4n) is 3.83. The number of hydrogen-bond acceptors (Lipinski definition) is 3. The number of hydrogen-bond donors (Lipinski definition) is 1. The van der Waals surface area contributed by atoms with Crippen LogP contribution in [0.4, 0.5) is 0 Å². The van der Waals surface area contributed by atoms with Crippen molar-refractivity contribution in [3.8, 4) is 17.1 Å². The first-order valence-corrected chi connectivity index (χ1v) is 9.06. The zero-order chi connectivity index (χ0) is 16.1. The predicted molar refractivity (Wildman–Crippen MR) is 93.2 cm³/mol. The van der Waals surface area contributed by atoms with E-state index in [1.807, 2.05) is 12.2 Å². The third kappa shape index (κ3) is 2.48. The molecule has 3 aliphatic carbocycles. The minimum atomic E-state index is -0.389. The Morgan fingerprint density at radius 3 is 3.00 bits per heavy atom. The lowest BCUT2D eigenvalue weighted by molar-refractivity contribution is 0.243. The number of aryl methyl sites for hydroxylation is 1. The van der Waals surface area contributed by atoms with Crippen molar-refractivity contribution in [2.75, 3.05) is 6.61 Å². The molecule has 3 heteroatoms. The van der Waals surface area contributed by atoms with Gasteiger partial charge in [-0.15, -0.1) is 0 Å². The largest absolute Gasteiger partial charge is 0.493 e. The van der Waals surface area contributed by atoms with Gasteiger partial charge < -0.3 is 14.3 Å². The highest BCUT2D eigenvalue weighted by molar-refractivity contribution is 5.69. The summed E-state index contributed by atoms with van der Waals surface area (Å²) in [5.41, 5.74) is 4.68. The van der Waals surface area contributed by atoms with Crippen LogP contribution in [0.5, 0.6) is 5.75 Å². The minimum absolute atomic E-state index is 0.389. The van der Waals surface area contributed by atoms with Crippen molar-refractivity contribution in [1.82, 2.24) is 0 Å². The number of fused-ring (bicyclic) bond motifs is 5. The fourth-order valence-corrected chi connectivity index (χ4v) is 3.83. The van der Waals surface area contributed by atoms with E-state index < -0.39 is 0 Å². The monoisotopic (exact) mass is 322 g/mol. The predicted octanol–water partition coefficient (Wildman–Crippen LogP) is 2.55. The molecular formula is C21H22O3. The molecule has 2 aromatic rings. The number of aliphatic hydroxyl groups excluding tert-OH is 1. The van der Waals surface area contributed by atoms with Crippen LogP contribution in [0, 0.1) is 5.92 Å². The molecule has 5 rings (SSSR count). The smallest absolute Gasteiger partial charge is 0.138 e. The summed E-state index contributed by atoms with van der Waals surface area (Å²) >= 11 is 0. The van der Waals surface area contributed by atoms with Crippen LogP contribution >= 0.6 is 0 Å². The van der Waals surface area contributed by atoms with Crippen LogP contribution in [0.3, 0.4) is 0 Å². The van der Waals surface area contributed by atoms with Gasteiger partial charge in [-0.3, -0.25) is 0 Å². The molecule has 0 aliphatic heterocycles. The van der Waals surface area contributed by atoms with Crippen LogP contribution in [0.1, 0.15) is 36.8 Å². The normalized spacial score (nSPS) is 21.6. The van der Waals surface area contributed by atoms with Crippen molar-refractivity contribution in [2.45, 2.75) is 44.6 Å². The van der Waals surface area contributed by atoms with Crippen molar-refractivity contribution in [1.29, 1.82) is 0 Å². The van der Waals surface area contributed by atoms with Gasteiger partial charge in [0.05, 0.1) is 12.7 Å². The molecule has 0 radical (unpaired) electrons. The van der Waals surface area contributed by atoms with Gasteiger partial charge in [-0.05, 0) is 80.4 Å². The number of rotatable bonds is 3. The number of benzene rings is 1. The molecule has 0 saturated heterocycles. The zero-order valence-electron chi connectivity index (χ0n) is 13.8. The molecule has 24 heavy (non-hydrogen) atoms. The van der Waals surface area contributed by atoms with E-state index in [0.29, 0.717) is 6.42 Å². The lowest BCUT2D eigenvalue weighted by Crippen LogP contribution is -2.29. The second-order valence-corrected chi connectivity index (χ2v) is 7.29. The molecule has 1 unspecified atom stereocenters. The molecule has 1 saturated carbocycles. The first-order chi connectivity index (χ1) is 11.8. The zero-order valence-corrected chi connectivity index (χ0v) is 13.8. The van der Waals surface area contributed by atoms with Gasteiger partial charge in [-0.1, -0.05) is 0 Å². The summed E-state index contributed by atoms with van der Waals surface area (Å²) in [5, 5.41) is 11.0. The second-order valence-electron chi connectivity index (χ2n) is 7.29. The van der Waals surface area contributed by atoms with E-state index in [0.717, 1.165) is 53.9 Å². The Kier molecular flexibility index (Phi) is 3.30. The minimum Gasteiger partial charge on any atom is -0.493 e.